The Morgan fingerprint density at radius 3 is 2.68 bits per heavy atom. The summed E-state index contributed by atoms with van der Waals surface area (Å²) in [6, 6.07) is 0.543. The Morgan fingerprint density at radius 1 is 1.32 bits per heavy atom. The van der Waals surface area contributed by atoms with Gasteiger partial charge in [0.1, 0.15) is 0 Å². The van der Waals surface area contributed by atoms with E-state index in [4.69, 9.17) is 4.74 Å². The van der Waals surface area contributed by atoms with Crippen molar-refractivity contribution in [2.45, 2.75) is 65.5 Å². The van der Waals surface area contributed by atoms with Gasteiger partial charge in [0.05, 0.1) is 18.4 Å². The molecule has 4 heteroatoms. The summed E-state index contributed by atoms with van der Waals surface area (Å²) in [7, 11) is 3.62. The van der Waals surface area contributed by atoms with Gasteiger partial charge < -0.3 is 10.1 Å². The lowest BCUT2D eigenvalue weighted by Gasteiger charge is -2.14. The molecule has 0 bridgehead atoms. The fourth-order valence-corrected chi connectivity index (χ4v) is 2.40. The maximum atomic E-state index is 5.40. The lowest BCUT2D eigenvalue weighted by atomic mass is 10.1. The van der Waals surface area contributed by atoms with E-state index in [2.05, 4.69) is 24.3 Å². The Bertz CT molecular complexity index is 374. The standard InChI is InChI=1S/C15H29N3O/c1-6-7-8-9-10-12(2)16-11-14-13(3)17-18(4)15(14)19-5/h12,16H,6-11H2,1-5H3. The molecule has 0 amide bonds. The molecule has 1 heterocycles. The van der Waals surface area contributed by atoms with Gasteiger partial charge in [0.15, 0.2) is 0 Å². The number of methoxy groups -OCH3 is 1. The summed E-state index contributed by atoms with van der Waals surface area (Å²) < 4.78 is 7.21. The third-order valence-electron chi connectivity index (χ3n) is 3.60. The van der Waals surface area contributed by atoms with Crippen molar-refractivity contribution in [1.29, 1.82) is 0 Å². The molecule has 1 rings (SSSR count). The Balaban J connectivity index is 2.39. The normalized spacial score (nSPS) is 12.7. The fraction of sp³-hybridized carbons (Fsp3) is 0.800. The topological polar surface area (TPSA) is 39.1 Å². The van der Waals surface area contributed by atoms with Crippen molar-refractivity contribution in [2.24, 2.45) is 7.05 Å². The van der Waals surface area contributed by atoms with Crippen LogP contribution in [0.3, 0.4) is 0 Å². The minimum Gasteiger partial charge on any atom is -0.481 e. The molecule has 110 valence electrons. The minimum absolute atomic E-state index is 0.543. The molecule has 1 N–H and O–H groups in total. The number of nitrogens with zero attached hydrogens (tertiary/aromatic N) is 2. The molecule has 0 spiro atoms. The second-order valence-electron chi connectivity index (χ2n) is 5.33. The highest BCUT2D eigenvalue weighted by Gasteiger charge is 2.14. The SMILES string of the molecule is CCCCCCC(C)NCc1c(C)nn(C)c1OC. The van der Waals surface area contributed by atoms with Gasteiger partial charge in [-0.15, -0.1) is 0 Å². The number of nitrogens with one attached hydrogen (secondary N) is 1. The number of hydrogen-bond donors (Lipinski definition) is 1. The molecule has 0 fully saturated rings. The van der Waals surface area contributed by atoms with Gasteiger partial charge in [-0.1, -0.05) is 32.6 Å². The van der Waals surface area contributed by atoms with Gasteiger partial charge in [0.2, 0.25) is 5.88 Å². The summed E-state index contributed by atoms with van der Waals surface area (Å²) in [6.07, 6.45) is 6.54. The summed E-state index contributed by atoms with van der Waals surface area (Å²) in [5.41, 5.74) is 2.22. The maximum absolute atomic E-state index is 5.40. The number of rotatable bonds is 9. The molecule has 0 aliphatic carbocycles. The van der Waals surface area contributed by atoms with Crippen LogP contribution in [0.5, 0.6) is 5.88 Å². The molecule has 0 aliphatic rings. The smallest absolute Gasteiger partial charge is 0.216 e. The lowest BCUT2D eigenvalue weighted by Crippen LogP contribution is -2.25. The van der Waals surface area contributed by atoms with Crippen molar-refractivity contribution in [3.05, 3.63) is 11.3 Å². The van der Waals surface area contributed by atoms with Gasteiger partial charge in [0.25, 0.3) is 0 Å². The van der Waals surface area contributed by atoms with E-state index in [1.165, 1.54) is 37.7 Å². The van der Waals surface area contributed by atoms with Gasteiger partial charge in [-0.2, -0.15) is 5.10 Å². The Labute approximate surface area is 117 Å². The zero-order valence-corrected chi connectivity index (χ0v) is 13.1. The van der Waals surface area contributed by atoms with E-state index < -0.39 is 0 Å². The van der Waals surface area contributed by atoms with Crippen molar-refractivity contribution in [2.75, 3.05) is 7.11 Å². The molecule has 1 aromatic rings. The molecule has 0 aromatic carbocycles. The number of ether oxygens (including phenoxy) is 1. The first-order valence-electron chi connectivity index (χ1n) is 7.40. The molecule has 4 nitrogen and oxygen atoms in total. The highest BCUT2D eigenvalue weighted by molar-refractivity contribution is 5.30. The Morgan fingerprint density at radius 2 is 2.05 bits per heavy atom. The van der Waals surface area contributed by atoms with Gasteiger partial charge >= 0.3 is 0 Å². The third kappa shape index (κ3) is 4.86. The number of aryl methyl sites for hydroxylation is 2. The van der Waals surface area contributed by atoms with E-state index in [9.17, 15) is 0 Å². The first-order valence-corrected chi connectivity index (χ1v) is 7.40. The lowest BCUT2D eigenvalue weighted by molar-refractivity contribution is 0.366. The van der Waals surface area contributed by atoms with Crippen LogP contribution in [-0.4, -0.2) is 22.9 Å². The summed E-state index contributed by atoms with van der Waals surface area (Å²) in [6.45, 7) is 7.37. The summed E-state index contributed by atoms with van der Waals surface area (Å²) in [5.74, 6) is 0.864. The zero-order valence-electron chi connectivity index (χ0n) is 13.1. The average molecular weight is 267 g/mol. The summed E-state index contributed by atoms with van der Waals surface area (Å²) in [5, 5.41) is 7.97. The van der Waals surface area contributed by atoms with Gasteiger partial charge in [-0.05, 0) is 20.3 Å². The van der Waals surface area contributed by atoms with Gasteiger partial charge in [-0.25, -0.2) is 4.68 Å². The van der Waals surface area contributed by atoms with Crippen LogP contribution in [0, 0.1) is 6.92 Å². The van der Waals surface area contributed by atoms with Crippen molar-refractivity contribution >= 4 is 0 Å². The van der Waals surface area contributed by atoms with Crippen molar-refractivity contribution in [3.8, 4) is 5.88 Å². The first kappa shape index (κ1) is 16.0. The van der Waals surface area contributed by atoms with E-state index in [0.717, 1.165) is 18.1 Å². The van der Waals surface area contributed by atoms with Gasteiger partial charge in [0, 0.05) is 19.6 Å². The van der Waals surface area contributed by atoms with Crippen molar-refractivity contribution in [1.82, 2.24) is 15.1 Å². The van der Waals surface area contributed by atoms with E-state index in [-0.39, 0.29) is 0 Å². The second kappa shape index (κ2) is 8.20. The Hall–Kier alpha value is -1.03. The fourth-order valence-electron chi connectivity index (χ4n) is 2.40. The Kier molecular flexibility index (Phi) is 6.92. The van der Waals surface area contributed by atoms with Crippen molar-refractivity contribution in [3.63, 3.8) is 0 Å². The van der Waals surface area contributed by atoms with Gasteiger partial charge in [-0.3, -0.25) is 0 Å². The maximum Gasteiger partial charge on any atom is 0.216 e. The summed E-state index contributed by atoms with van der Waals surface area (Å²) >= 11 is 0. The predicted molar refractivity (Wildman–Crippen MR) is 79.6 cm³/mol. The molecular weight excluding hydrogens is 238 g/mol. The zero-order chi connectivity index (χ0) is 14.3. The first-order chi connectivity index (χ1) is 9.10. The van der Waals surface area contributed by atoms with Crippen LogP contribution in [0.1, 0.15) is 57.2 Å². The highest BCUT2D eigenvalue weighted by atomic mass is 16.5. The van der Waals surface area contributed by atoms with Crippen LogP contribution in [0.15, 0.2) is 0 Å². The molecule has 1 atom stereocenters. The van der Waals surface area contributed by atoms with Crippen molar-refractivity contribution < 1.29 is 4.74 Å². The predicted octanol–water partition coefficient (Wildman–Crippen LogP) is 3.19. The van der Waals surface area contributed by atoms with E-state index in [1.807, 2.05) is 14.0 Å². The average Bonchev–Trinajstić information content (AvgIpc) is 2.66. The minimum atomic E-state index is 0.543. The number of aromatic nitrogens is 2. The molecule has 1 unspecified atom stereocenters. The largest absolute Gasteiger partial charge is 0.481 e. The number of unbranched alkanes of at least 4 members (excludes halogenated alkanes) is 3. The van der Waals surface area contributed by atoms with Crippen LogP contribution in [0.2, 0.25) is 0 Å². The molecule has 0 saturated heterocycles. The van der Waals surface area contributed by atoms with E-state index >= 15 is 0 Å². The number of hydrogen-bond acceptors (Lipinski definition) is 3. The van der Waals surface area contributed by atoms with Crippen LogP contribution in [0.25, 0.3) is 0 Å². The van der Waals surface area contributed by atoms with Crippen LogP contribution < -0.4 is 10.1 Å². The molecule has 0 aliphatic heterocycles. The monoisotopic (exact) mass is 267 g/mol. The summed E-state index contributed by atoms with van der Waals surface area (Å²) in [4.78, 5) is 0. The molecular formula is C15H29N3O. The quantitative estimate of drug-likeness (QED) is 0.698. The molecule has 0 radical (unpaired) electrons. The molecule has 1 aromatic heterocycles. The van der Waals surface area contributed by atoms with E-state index in [1.54, 1.807) is 11.8 Å². The van der Waals surface area contributed by atoms with Crippen LogP contribution in [0.4, 0.5) is 0 Å². The second-order valence-corrected chi connectivity index (χ2v) is 5.33. The molecule has 0 saturated carbocycles. The highest BCUT2D eigenvalue weighted by Crippen LogP contribution is 2.20. The van der Waals surface area contributed by atoms with Crippen LogP contribution >= 0.6 is 0 Å². The third-order valence-corrected chi connectivity index (χ3v) is 3.60. The molecule has 19 heavy (non-hydrogen) atoms. The van der Waals surface area contributed by atoms with Crippen LogP contribution in [-0.2, 0) is 13.6 Å². The van der Waals surface area contributed by atoms with E-state index in [0.29, 0.717) is 6.04 Å².